The molecule has 0 saturated heterocycles. The fraction of sp³-hybridized carbons (Fsp3) is 0.929. The maximum absolute atomic E-state index is 10.3. The summed E-state index contributed by atoms with van der Waals surface area (Å²) in [6.45, 7) is 7.32. The second kappa shape index (κ2) is 9.69. The molecule has 0 amide bonds. The minimum atomic E-state index is -0.810. The third-order valence-corrected chi connectivity index (χ3v) is 4.92. The Labute approximate surface area is 108 Å². The van der Waals surface area contributed by atoms with E-state index in [-0.39, 0.29) is 0 Å². The minimum absolute atomic E-state index is 0.343. The van der Waals surface area contributed by atoms with Gasteiger partial charge in [0, 0.05) is 14.5 Å². The molecule has 3 heteroatoms. The molecule has 0 aromatic heterocycles. The first-order valence-corrected chi connectivity index (χ1v) is 10.8. The number of hydrogen-bond donors (Lipinski definition) is 1. The van der Waals surface area contributed by atoms with Crippen LogP contribution < -0.4 is 0 Å². The predicted octanol–water partition coefficient (Wildman–Crippen LogP) is 4.92. The summed E-state index contributed by atoms with van der Waals surface area (Å²) in [5.41, 5.74) is 0. The van der Waals surface area contributed by atoms with Gasteiger partial charge in [0.15, 0.2) is 0 Å². The van der Waals surface area contributed by atoms with Crippen LogP contribution in [0, 0.1) is 0 Å². The van der Waals surface area contributed by atoms with Crippen LogP contribution in [0.4, 0.5) is 0 Å². The second-order valence-corrected chi connectivity index (χ2v) is 11.9. The molecule has 0 aliphatic heterocycles. The van der Waals surface area contributed by atoms with E-state index in [1.165, 1.54) is 44.6 Å². The maximum Gasteiger partial charge on any atom is 0.303 e. The van der Waals surface area contributed by atoms with Crippen LogP contribution in [0.1, 0.15) is 57.8 Å². The normalized spacial score (nSPS) is 11.7. The van der Waals surface area contributed by atoms with Gasteiger partial charge in [0.1, 0.15) is 0 Å². The molecule has 0 spiro atoms. The van der Waals surface area contributed by atoms with E-state index >= 15 is 0 Å². The van der Waals surface area contributed by atoms with Gasteiger partial charge < -0.3 is 5.11 Å². The van der Waals surface area contributed by atoms with Crippen LogP contribution in [-0.4, -0.2) is 19.1 Å². The average Bonchev–Trinajstić information content (AvgIpc) is 2.18. The standard InChI is InChI=1S/C14H30O2Si/c1-17(2,3)13-11-9-7-5-4-6-8-10-12-14(15)16/h4-13H2,1-3H3,(H,15,16). The lowest BCUT2D eigenvalue weighted by Crippen LogP contribution is -2.18. The van der Waals surface area contributed by atoms with Gasteiger partial charge in [0.05, 0.1) is 0 Å². The Kier molecular flexibility index (Phi) is 9.51. The summed E-state index contributed by atoms with van der Waals surface area (Å²) >= 11 is 0. The summed E-state index contributed by atoms with van der Waals surface area (Å²) in [6.07, 6.45) is 10.3. The van der Waals surface area contributed by atoms with Crippen molar-refractivity contribution in [2.45, 2.75) is 83.5 Å². The zero-order valence-electron chi connectivity index (χ0n) is 11.9. The van der Waals surface area contributed by atoms with Gasteiger partial charge in [0.25, 0.3) is 0 Å². The molecule has 0 aliphatic carbocycles. The van der Waals surface area contributed by atoms with Crippen molar-refractivity contribution < 1.29 is 9.90 Å². The summed E-state index contributed by atoms with van der Waals surface area (Å²) in [6, 6.07) is 1.46. The lowest BCUT2D eigenvalue weighted by Gasteiger charge is -2.14. The monoisotopic (exact) mass is 258 g/mol. The lowest BCUT2D eigenvalue weighted by molar-refractivity contribution is -0.137. The number of rotatable bonds is 11. The van der Waals surface area contributed by atoms with Crippen molar-refractivity contribution in [2.24, 2.45) is 0 Å². The second-order valence-electron chi connectivity index (χ2n) is 6.28. The summed E-state index contributed by atoms with van der Waals surface area (Å²) in [4.78, 5) is 10.3. The first-order valence-electron chi connectivity index (χ1n) is 7.13. The van der Waals surface area contributed by atoms with E-state index in [9.17, 15) is 4.79 Å². The molecule has 0 aromatic rings. The van der Waals surface area contributed by atoms with E-state index in [1.54, 1.807) is 0 Å². The van der Waals surface area contributed by atoms with Crippen LogP contribution >= 0.6 is 0 Å². The molecule has 17 heavy (non-hydrogen) atoms. The summed E-state index contributed by atoms with van der Waals surface area (Å²) < 4.78 is 0. The molecule has 0 radical (unpaired) electrons. The average molecular weight is 258 g/mol. The summed E-state index contributed by atoms with van der Waals surface area (Å²) in [5, 5.41) is 8.48. The SMILES string of the molecule is C[Si](C)(C)CCCCCCCCCCC(=O)O. The Bertz CT molecular complexity index is 197. The highest BCUT2D eigenvalue weighted by Crippen LogP contribution is 2.16. The van der Waals surface area contributed by atoms with Gasteiger partial charge in [-0.3, -0.25) is 4.79 Å². The van der Waals surface area contributed by atoms with Crippen molar-refractivity contribution in [3.05, 3.63) is 0 Å². The van der Waals surface area contributed by atoms with Crippen molar-refractivity contribution in [3.8, 4) is 0 Å². The summed E-state index contributed by atoms with van der Waals surface area (Å²) in [5.74, 6) is -0.656. The van der Waals surface area contributed by atoms with Crippen LogP contribution in [0.15, 0.2) is 0 Å². The van der Waals surface area contributed by atoms with Crippen molar-refractivity contribution in [1.29, 1.82) is 0 Å². The lowest BCUT2D eigenvalue weighted by atomic mass is 10.1. The first kappa shape index (κ1) is 16.7. The molecule has 0 saturated carbocycles. The largest absolute Gasteiger partial charge is 0.481 e. The van der Waals surface area contributed by atoms with Crippen LogP contribution in [0.5, 0.6) is 0 Å². The zero-order chi connectivity index (χ0) is 13.1. The molecule has 2 nitrogen and oxygen atoms in total. The quantitative estimate of drug-likeness (QED) is 0.422. The highest BCUT2D eigenvalue weighted by molar-refractivity contribution is 6.76. The van der Waals surface area contributed by atoms with Gasteiger partial charge in [-0.15, -0.1) is 0 Å². The van der Waals surface area contributed by atoms with Gasteiger partial charge in [-0.2, -0.15) is 0 Å². The van der Waals surface area contributed by atoms with Crippen molar-refractivity contribution in [3.63, 3.8) is 0 Å². The molecule has 0 fully saturated rings. The Morgan fingerprint density at radius 2 is 1.24 bits per heavy atom. The van der Waals surface area contributed by atoms with E-state index in [0.717, 1.165) is 12.8 Å². The number of carbonyl (C=O) groups is 1. The number of aliphatic carboxylic acids is 1. The molecule has 0 unspecified atom stereocenters. The highest BCUT2D eigenvalue weighted by Gasteiger charge is 2.11. The Morgan fingerprint density at radius 3 is 1.65 bits per heavy atom. The molecular formula is C14H30O2Si. The molecular weight excluding hydrogens is 228 g/mol. The van der Waals surface area contributed by atoms with Crippen molar-refractivity contribution >= 4 is 14.0 Å². The fourth-order valence-corrected chi connectivity index (χ4v) is 3.30. The smallest absolute Gasteiger partial charge is 0.303 e. The highest BCUT2D eigenvalue weighted by atomic mass is 28.3. The van der Waals surface area contributed by atoms with Crippen LogP contribution in [-0.2, 0) is 4.79 Å². The maximum atomic E-state index is 10.3. The van der Waals surface area contributed by atoms with Crippen LogP contribution in [0.2, 0.25) is 25.7 Å². The molecule has 0 bridgehead atoms. The molecule has 0 rings (SSSR count). The zero-order valence-corrected chi connectivity index (χ0v) is 12.9. The van der Waals surface area contributed by atoms with Gasteiger partial charge in [-0.1, -0.05) is 70.6 Å². The van der Waals surface area contributed by atoms with Gasteiger partial charge in [0.2, 0.25) is 0 Å². The van der Waals surface area contributed by atoms with Crippen molar-refractivity contribution in [1.82, 2.24) is 0 Å². The Morgan fingerprint density at radius 1 is 0.824 bits per heavy atom. The number of carboxylic acid groups (broad SMARTS) is 1. The number of hydrogen-bond acceptors (Lipinski definition) is 1. The molecule has 1 N–H and O–H groups in total. The molecule has 0 aromatic carbocycles. The molecule has 102 valence electrons. The first-order chi connectivity index (χ1) is 7.92. The fourth-order valence-electron chi connectivity index (χ4n) is 1.99. The van der Waals surface area contributed by atoms with Gasteiger partial charge >= 0.3 is 5.97 Å². The molecule has 0 atom stereocenters. The number of carboxylic acids is 1. The van der Waals surface area contributed by atoms with Crippen LogP contribution in [0.3, 0.4) is 0 Å². The third kappa shape index (κ3) is 15.7. The Hall–Kier alpha value is -0.313. The van der Waals surface area contributed by atoms with E-state index in [2.05, 4.69) is 19.6 Å². The van der Waals surface area contributed by atoms with Gasteiger partial charge in [-0.05, 0) is 6.42 Å². The van der Waals surface area contributed by atoms with E-state index in [4.69, 9.17) is 5.11 Å². The van der Waals surface area contributed by atoms with E-state index < -0.39 is 14.0 Å². The Balaban J connectivity index is 3.06. The predicted molar refractivity (Wildman–Crippen MR) is 77.3 cm³/mol. The van der Waals surface area contributed by atoms with Crippen LogP contribution in [0.25, 0.3) is 0 Å². The van der Waals surface area contributed by atoms with Crippen molar-refractivity contribution in [2.75, 3.05) is 0 Å². The third-order valence-electron chi connectivity index (χ3n) is 3.07. The topological polar surface area (TPSA) is 37.3 Å². The number of unbranched alkanes of at least 4 members (excludes halogenated alkanes) is 7. The molecule has 0 heterocycles. The van der Waals surface area contributed by atoms with Gasteiger partial charge in [-0.25, -0.2) is 0 Å². The van der Waals surface area contributed by atoms with E-state index in [0.29, 0.717) is 6.42 Å². The minimum Gasteiger partial charge on any atom is -0.481 e. The summed E-state index contributed by atoms with van der Waals surface area (Å²) in [7, 11) is -0.810. The van der Waals surface area contributed by atoms with E-state index in [1.807, 2.05) is 0 Å². The molecule has 0 aliphatic rings.